The van der Waals surface area contributed by atoms with Gasteiger partial charge in [0.05, 0.1) is 73.3 Å². The van der Waals surface area contributed by atoms with Crippen molar-refractivity contribution in [2.24, 2.45) is 0 Å². The van der Waals surface area contributed by atoms with E-state index in [2.05, 4.69) is 12.6 Å². The van der Waals surface area contributed by atoms with Crippen LogP contribution in [0, 0.1) is 29.6 Å². The molecule has 4 nitrogen and oxygen atoms in total. The number of hydrogen-bond acceptors (Lipinski definition) is 2. The van der Waals surface area contributed by atoms with Crippen molar-refractivity contribution in [1.29, 1.82) is 10.5 Å². The quantitative estimate of drug-likeness (QED) is 0.112. The van der Waals surface area contributed by atoms with Crippen molar-refractivity contribution >= 4 is 44.4 Å². The highest BCUT2D eigenvalue weighted by atomic mass is 19.4. The van der Waals surface area contributed by atoms with Crippen LogP contribution in [0.2, 0.25) is 0 Å². The van der Waals surface area contributed by atoms with Crippen molar-refractivity contribution in [1.82, 2.24) is 9.13 Å². The molecule has 0 radical (unpaired) electrons. The molecule has 2 heterocycles. The van der Waals surface area contributed by atoms with Gasteiger partial charge in [0.15, 0.2) is 0 Å². The number of fused-ring (bicyclic) bond motifs is 4. The van der Waals surface area contributed by atoms with Gasteiger partial charge >= 0.3 is 30.9 Å². The fraction of sp³-hybridized carbons (Fsp3) is 0.0968. The summed E-state index contributed by atoms with van der Waals surface area (Å²) in [4.78, 5) is 0. The van der Waals surface area contributed by atoms with E-state index in [1.807, 2.05) is 6.07 Å². The lowest BCUT2D eigenvalue weighted by Crippen LogP contribution is -2.13. The van der Waals surface area contributed by atoms with E-state index < -0.39 is 69.8 Å². The number of allylic oxidation sites excluding steroid dienone is 2. The molecule has 0 saturated heterocycles. The summed E-state index contributed by atoms with van der Waals surface area (Å²) in [6, 6.07) is 36.1. The van der Waals surface area contributed by atoms with E-state index in [0.717, 1.165) is 24.3 Å². The molecule has 406 valence electrons. The minimum atomic E-state index is -5.25. The van der Waals surface area contributed by atoms with Gasteiger partial charge in [0, 0.05) is 44.2 Å². The molecule has 81 heavy (non-hydrogen) atoms. The van der Waals surface area contributed by atoms with Gasteiger partial charge in [-0.1, -0.05) is 79.4 Å². The van der Waals surface area contributed by atoms with Crippen LogP contribution in [0.15, 0.2) is 170 Å². The summed E-state index contributed by atoms with van der Waals surface area (Å²) in [6.07, 6.45) is -23.0. The molecule has 0 N–H and O–H groups in total. The molecule has 0 amide bonds. The van der Waals surface area contributed by atoms with E-state index in [9.17, 15) is 76.4 Å². The molecule has 0 atom stereocenters. The van der Waals surface area contributed by atoms with Crippen LogP contribution < -0.4 is 0 Å². The summed E-state index contributed by atoms with van der Waals surface area (Å²) < 4.78 is 215. The Labute approximate surface area is 449 Å². The van der Waals surface area contributed by atoms with E-state index in [1.54, 1.807) is 82.8 Å². The number of halogens is 15. The minimum Gasteiger partial charge on any atom is -0.313 e. The molecule has 0 aliphatic rings. The molecule has 0 unspecified atom stereocenters. The van der Waals surface area contributed by atoms with Crippen molar-refractivity contribution in [3.63, 3.8) is 0 Å². The third kappa shape index (κ3) is 9.94. The van der Waals surface area contributed by atoms with Gasteiger partial charge in [-0.25, -0.2) is 0 Å². The summed E-state index contributed by atoms with van der Waals surface area (Å²) in [5.74, 6) is 0. The van der Waals surface area contributed by atoms with E-state index in [0.29, 0.717) is 68.4 Å². The molecule has 0 spiro atoms. The fourth-order valence-electron chi connectivity index (χ4n) is 10.3. The van der Waals surface area contributed by atoms with Crippen LogP contribution in [0.1, 0.15) is 55.8 Å². The highest BCUT2D eigenvalue weighted by Gasteiger charge is 2.40. The van der Waals surface area contributed by atoms with Crippen LogP contribution in [0.5, 0.6) is 0 Å². The second-order valence-electron chi connectivity index (χ2n) is 18.7. The van der Waals surface area contributed by atoms with Crippen LogP contribution in [0.25, 0.3) is 89.1 Å². The molecule has 10 rings (SSSR count). The molecule has 0 fully saturated rings. The lowest BCUT2D eigenvalue weighted by Gasteiger charge is -2.19. The summed E-state index contributed by atoms with van der Waals surface area (Å²) >= 11 is 0. The van der Waals surface area contributed by atoms with Crippen LogP contribution in [-0.2, 0) is 30.9 Å². The van der Waals surface area contributed by atoms with E-state index >= 15 is 0 Å². The predicted molar refractivity (Wildman–Crippen MR) is 278 cm³/mol. The van der Waals surface area contributed by atoms with Crippen molar-refractivity contribution in [2.75, 3.05) is 0 Å². The Hall–Kier alpha value is -9.49. The topological polar surface area (TPSA) is 57.4 Å². The second-order valence-corrected chi connectivity index (χ2v) is 18.7. The summed E-state index contributed by atoms with van der Waals surface area (Å²) in [5, 5.41) is 22.4. The smallest absolute Gasteiger partial charge is 0.313 e. The molecule has 2 aromatic heterocycles. The average Bonchev–Trinajstić information content (AvgIpc) is 3.27. The van der Waals surface area contributed by atoms with E-state index in [-0.39, 0.29) is 67.9 Å². The van der Waals surface area contributed by atoms with Gasteiger partial charge < -0.3 is 9.13 Å². The number of rotatable bonds is 8. The van der Waals surface area contributed by atoms with E-state index in [4.69, 9.17) is 0 Å². The molecule has 0 saturated carbocycles. The minimum absolute atomic E-state index is 0.0128. The molecule has 0 bridgehead atoms. The zero-order chi connectivity index (χ0) is 58.3. The van der Waals surface area contributed by atoms with Crippen LogP contribution in [0.3, 0.4) is 0 Å². The number of aromatic nitrogens is 2. The van der Waals surface area contributed by atoms with Gasteiger partial charge in [-0.05, 0) is 137 Å². The first-order valence-corrected chi connectivity index (χ1v) is 24.0. The first kappa shape index (κ1) is 54.8. The zero-order valence-electron chi connectivity index (χ0n) is 41.3. The molecular formula is C62H33F15N4. The van der Waals surface area contributed by atoms with Crippen molar-refractivity contribution in [3.8, 4) is 56.9 Å². The third-order valence-electron chi connectivity index (χ3n) is 14.0. The zero-order valence-corrected chi connectivity index (χ0v) is 41.3. The maximum absolute atomic E-state index is 14.6. The number of benzene rings is 8. The van der Waals surface area contributed by atoms with Crippen molar-refractivity contribution < 1.29 is 65.9 Å². The Morgan fingerprint density at radius 2 is 0.975 bits per heavy atom. The summed E-state index contributed by atoms with van der Waals surface area (Å²) in [7, 11) is 0. The Morgan fingerprint density at radius 1 is 0.444 bits per heavy atom. The Morgan fingerprint density at radius 3 is 1.58 bits per heavy atom. The standard InChI is InChI=1S/C62H33F15N4/c1-3-34(44-20-16-40(59(66,67)68)28-52(44)61(72,73)74)25-48-33(2)80(54-10-6-4-8-46(48)54)56-22-13-35(43-19-15-39(58(63,64)65)24-38(43)32-79)26-51(56)49-30-42(18-12-37(49)31-78)81-55-11-7-5-9-47(55)50-27-36(14-23-57(50)81)45-21-17-41(60(69,70)71)29-53(45)62(75,76)77/h3-30H,1H2,2H3/b34-25+. The Kier molecular flexibility index (Phi) is 13.3. The number of para-hydroxylation sites is 2. The van der Waals surface area contributed by atoms with Gasteiger partial charge in [-0.15, -0.1) is 0 Å². The number of nitrogens with zero attached hydrogens (tertiary/aromatic N) is 4. The third-order valence-corrected chi connectivity index (χ3v) is 14.0. The van der Waals surface area contributed by atoms with Crippen molar-refractivity contribution in [2.45, 2.75) is 37.8 Å². The lowest BCUT2D eigenvalue weighted by molar-refractivity contribution is -0.144. The maximum Gasteiger partial charge on any atom is 0.417 e. The maximum atomic E-state index is 14.6. The second kappa shape index (κ2) is 19.7. The lowest BCUT2D eigenvalue weighted by atomic mass is 9.91. The highest BCUT2D eigenvalue weighted by molar-refractivity contribution is 6.11. The van der Waals surface area contributed by atoms with Gasteiger partial charge in [0.1, 0.15) is 0 Å². The first-order chi connectivity index (χ1) is 38.1. The van der Waals surface area contributed by atoms with Gasteiger partial charge in [0.2, 0.25) is 0 Å². The molecule has 10 aromatic rings. The fourth-order valence-corrected chi connectivity index (χ4v) is 10.3. The molecule has 19 heteroatoms. The molecule has 0 aliphatic heterocycles. The normalized spacial score (nSPS) is 12.8. The van der Waals surface area contributed by atoms with Gasteiger partial charge in [-0.3, -0.25) is 0 Å². The Balaban J connectivity index is 1.23. The Bertz CT molecular complexity index is 4340. The monoisotopic (exact) mass is 1120 g/mol. The molecular weight excluding hydrogens is 1090 g/mol. The van der Waals surface area contributed by atoms with Crippen LogP contribution in [-0.4, -0.2) is 9.13 Å². The number of alkyl halides is 15. The van der Waals surface area contributed by atoms with Gasteiger partial charge in [-0.2, -0.15) is 76.4 Å². The number of hydrogen-bond donors (Lipinski definition) is 0. The average molecular weight is 1120 g/mol. The van der Waals surface area contributed by atoms with Gasteiger partial charge in [0.25, 0.3) is 0 Å². The van der Waals surface area contributed by atoms with Crippen molar-refractivity contribution in [3.05, 3.63) is 226 Å². The van der Waals surface area contributed by atoms with E-state index in [1.165, 1.54) is 42.5 Å². The highest BCUT2D eigenvalue weighted by Crippen LogP contribution is 2.47. The summed E-state index contributed by atoms with van der Waals surface area (Å²) in [6.45, 7) is 5.31. The van der Waals surface area contributed by atoms with Crippen LogP contribution >= 0.6 is 0 Å². The first-order valence-electron chi connectivity index (χ1n) is 24.0. The predicted octanol–water partition coefficient (Wildman–Crippen LogP) is 19.6. The van der Waals surface area contributed by atoms with Crippen LogP contribution in [0.4, 0.5) is 65.9 Å². The molecule has 8 aromatic carbocycles. The SMILES string of the molecule is C=C/C(=C\c1c(C)n(-c2ccc(-c3ccc(C(F)(F)F)cc3C#N)cc2-c2cc(-n3c4ccccc4c4cc(-c5ccc(C(F)(F)F)cc5C(F)(F)F)ccc43)ccc2C#N)c2ccccc12)c1ccc(C(F)(F)F)cc1C(F)(F)F. The largest absolute Gasteiger partial charge is 0.417 e. The summed E-state index contributed by atoms with van der Waals surface area (Å²) in [5.41, 5.74) is -5.75. The number of nitriles is 2. The molecule has 0 aliphatic carbocycles.